The molecule has 0 aliphatic rings. The SMILES string of the molecule is [Pd+2].[Pt+2].[c-]1c(B(c2[c-]c3c(cc2)c2ccc(B(c4[c-]c(-c5ccccn5)ccc4)c4ccccc4)[c-]c2n3-c2nncnn2)c2ccccc2)cccc1-c1ccccn1. The van der Waals surface area contributed by atoms with E-state index in [9.17, 15) is 0 Å². The van der Waals surface area contributed by atoms with Crippen molar-refractivity contribution in [3.8, 4) is 28.5 Å². The molecule has 0 fully saturated rings. The molecular weight excluding hydrogens is 998 g/mol. The minimum absolute atomic E-state index is 0. The molecule has 7 nitrogen and oxygen atoms in total. The third-order valence-electron chi connectivity index (χ3n) is 10.3. The quantitative estimate of drug-likeness (QED) is 0.154. The van der Waals surface area contributed by atoms with Crippen molar-refractivity contribution >= 4 is 68.0 Å². The van der Waals surface area contributed by atoms with Gasteiger partial charge in [-0.05, 0) is 23.5 Å². The van der Waals surface area contributed by atoms with E-state index in [1.807, 2.05) is 77.6 Å². The van der Waals surface area contributed by atoms with Crippen molar-refractivity contribution in [1.29, 1.82) is 0 Å². The van der Waals surface area contributed by atoms with Crippen LogP contribution in [0.2, 0.25) is 0 Å². The maximum Gasteiger partial charge on any atom is 2.00 e. The largest absolute Gasteiger partial charge is 2.00 e. The molecule has 10 aromatic rings. The summed E-state index contributed by atoms with van der Waals surface area (Å²) in [6.45, 7) is -0.356. The predicted molar refractivity (Wildman–Crippen MR) is 229 cm³/mol. The van der Waals surface area contributed by atoms with E-state index in [1.165, 1.54) is 6.33 Å². The summed E-state index contributed by atoms with van der Waals surface area (Å²) in [4.78, 5) is 9.21. The minimum atomic E-state index is -0.178. The van der Waals surface area contributed by atoms with Crippen LogP contribution >= 0.6 is 0 Å². The monoisotopic (exact) mass is 1030 g/mol. The summed E-state index contributed by atoms with van der Waals surface area (Å²) in [6, 6.07) is 69.0. The van der Waals surface area contributed by atoms with Crippen molar-refractivity contribution in [1.82, 2.24) is 34.9 Å². The Morgan fingerprint density at radius 2 is 0.864 bits per heavy atom. The van der Waals surface area contributed by atoms with E-state index in [0.29, 0.717) is 5.95 Å². The molecule has 0 radical (unpaired) electrons. The Morgan fingerprint density at radius 3 is 1.31 bits per heavy atom. The van der Waals surface area contributed by atoms with Gasteiger partial charge in [0.25, 0.3) is 5.95 Å². The Morgan fingerprint density at radius 1 is 0.424 bits per heavy atom. The topological polar surface area (TPSA) is 82.3 Å². The van der Waals surface area contributed by atoms with Gasteiger partial charge in [0.05, 0.1) is 0 Å². The van der Waals surface area contributed by atoms with Gasteiger partial charge < -0.3 is 14.5 Å². The van der Waals surface area contributed by atoms with Crippen LogP contribution in [0, 0.1) is 24.3 Å². The van der Waals surface area contributed by atoms with Crippen LogP contribution in [0.25, 0.3) is 50.3 Å². The number of pyridine rings is 2. The van der Waals surface area contributed by atoms with Gasteiger partial charge in [0.15, 0.2) is 19.8 Å². The fourth-order valence-corrected chi connectivity index (χ4v) is 7.72. The third-order valence-corrected chi connectivity index (χ3v) is 10.3. The predicted octanol–water partition coefficient (Wildman–Crippen LogP) is 4.72. The van der Waals surface area contributed by atoms with Crippen LogP contribution in [0.3, 0.4) is 0 Å². The Labute approximate surface area is 371 Å². The van der Waals surface area contributed by atoms with Gasteiger partial charge in [-0.15, -0.1) is 80.1 Å². The Bertz CT molecular complexity index is 2800. The normalized spacial score (nSPS) is 10.8. The number of aromatic nitrogens is 7. The van der Waals surface area contributed by atoms with Crippen molar-refractivity contribution in [2.45, 2.75) is 0 Å². The van der Waals surface area contributed by atoms with Crippen LogP contribution in [-0.2, 0) is 41.5 Å². The summed E-state index contributed by atoms with van der Waals surface area (Å²) in [6.07, 6.45) is 4.96. The molecule has 59 heavy (non-hydrogen) atoms. The first-order chi connectivity index (χ1) is 28.3. The molecule has 0 aliphatic heterocycles. The number of fused-ring (bicyclic) bond motifs is 3. The van der Waals surface area contributed by atoms with Crippen molar-refractivity contribution in [2.24, 2.45) is 0 Å². The Kier molecular flexibility index (Phi) is 11.9. The number of nitrogens with zero attached hydrogens (tertiary/aromatic N) is 7. The molecule has 0 aliphatic carbocycles. The van der Waals surface area contributed by atoms with Gasteiger partial charge in [0, 0.05) is 12.4 Å². The first-order valence-corrected chi connectivity index (χ1v) is 18.7. The van der Waals surface area contributed by atoms with Gasteiger partial charge in [-0.2, -0.15) is 69.0 Å². The molecule has 0 bridgehead atoms. The molecule has 4 aromatic heterocycles. The van der Waals surface area contributed by atoms with Gasteiger partial charge in [0.1, 0.15) is 0 Å². The van der Waals surface area contributed by atoms with Crippen LogP contribution in [0.4, 0.5) is 0 Å². The van der Waals surface area contributed by atoms with Crippen LogP contribution in [0.5, 0.6) is 0 Å². The van der Waals surface area contributed by atoms with Gasteiger partial charge in [-0.25, -0.2) is 0 Å². The van der Waals surface area contributed by atoms with Crippen LogP contribution in [0.15, 0.2) is 176 Å². The van der Waals surface area contributed by atoms with E-state index in [-0.39, 0.29) is 54.9 Å². The fourth-order valence-electron chi connectivity index (χ4n) is 7.72. The van der Waals surface area contributed by atoms with Crippen LogP contribution < -0.4 is 32.8 Å². The molecule has 0 N–H and O–H groups in total. The van der Waals surface area contributed by atoms with Gasteiger partial charge in [-0.3, -0.25) is 0 Å². The maximum absolute atomic E-state index is 4.61. The summed E-state index contributed by atoms with van der Waals surface area (Å²) >= 11 is 0. The Hall–Kier alpha value is -6.16. The van der Waals surface area contributed by atoms with E-state index in [4.69, 9.17) is 0 Å². The van der Waals surface area contributed by atoms with Gasteiger partial charge in [0.2, 0.25) is 0 Å². The maximum atomic E-state index is 4.61. The van der Waals surface area contributed by atoms with Gasteiger partial charge in [-0.1, -0.05) is 107 Å². The minimum Gasteiger partial charge on any atom is -0.326 e. The molecule has 0 saturated carbocycles. The summed E-state index contributed by atoms with van der Waals surface area (Å²) < 4.78 is 1.98. The zero-order chi connectivity index (χ0) is 38.0. The summed E-state index contributed by atoms with van der Waals surface area (Å²) in [5.74, 6) is 0.333. The van der Waals surface area contributed by atoms with E-state index < -0.39 is 0 Å². The first kappa shape index (κ1) is 39.7. The molecule has 0 spiro atoms. The van der Waals surface area contributed by atoms with Gasteiger partial charge >= 0.3 is 41.5 Å². The molecule has 0 unspecified atom stereocenters. The smallest absolute Gasteiger partial charge is 0.326 e. The van der Waals surface area contributed by atoms with Crippen molar-refractivity contribution < 1.29 is 41.5 Å². The van der Waals surface area contributed by atoms with E-state index in [2.05, 4.69) is 152 Å². The molecule has 282 valence electrons. The van der Waals surface area contributed by atoms with E-state index >= 15 is 0 Å². The van der Waals surface area contributed by atoms with E-state index in [0.717, 1.165) is 77.1 Å². The van der Waals surface area contributed by atoms with E-state index in [1.54, 1.807) is 0 Å². The molecule has 0 amide bonds. The first-order valence-electron chi connectivity index (χ1n) is 18.7. The fraction of sp³-hybridized carbons (Fsp3) is 0. The molecule has 0 saturated heterocycles. The molecule has 6 aromatic carbocycles. The Balaban J connectivity index is 0.00000242. The average Bonchev–Trinajstić information content (AvgIpc) is 3.61. The number of hydrogen-bond acceptors (Lipinski definition) is 6. The van der Waals surface area contributed by atoms with Crippen LogP contribution in [-0.4, -0.2) is 48.4 Å². The average molecular weight is 1030 g/mol. The summed E-state index contributed by atoms with van der Waals surface area (Å²) in [5, 5.41) is 19.2. The number of hydrogen-bond donors (Lipinski definition) is 0. The number of benzene rings is 6. The zero-order valence-electron chi connectivity index (χ0n) is 31.2. The second kappa shape index (κ2) is 17.8. The molecule has 4 heterocycles. The third kappa shape index (κ3) is 7.88. The molecular formula is C48H29B2N7PdPt. The van der Waals surface area contributed by atoms with Crippen molar-refractivity contribution in [3.05, 3.63) is 201 Å². The molecule has 10 rings (SSSR count). The molecule has 0 atom stereocenters. The summed E-state index contributed by atoms with van der Waals surface area (Å²) in [5.41, 5.74) is 11.4. The van der Waals surface area contributed by atoms with Crippen molar-refractivity contribution in [2.75, 3.05) is 0 Å². The second-order valence-electron chi connectivity index (χ2n) is 13.7. The number of rotatable bonds is 9. The molecule has 11 heteroatoms. The summed E-state index contributed by atoms with van der Waals surface area (Å²) in [7, 11) is 0. The standard InChI is InChI=1S/C48H29B2N7.Pd.Pt/c1-3-15-36(16-4-1)49(38-19-11-13-34(29-38)44-21-7-9-27-51-44)40-23-25-42-43-26-24-41(32-47(43)57(46(42)31-40)48-55-53-33-54-56-48)50(37-17-5-2-6-18-37)39-20-12-14-35(30-39)45-22-8-10-28-52-45;;/h1-28,33H;;/q-4;2*+2. The zero-order valence-corrected chi connectivity index (χ0v) is 35.0. The van der Waals surface area contributed by atoms with Crippen LogP contribution in [0.1, 0.15) is 0 Å². The second-order valence-corrected chi connectivity index (χ2v) is 13.7. The van der Waals surface area contributed by atoms with Crippen molar-refractivity contribution in [3.63, 3.8) is 0 Å².